The zero-order valence-electron chi connectivity index (χ0n) is 6.67. The first-order valence-electron chi connectivity index (χ1n) is 3.44. The third-order valence-electron chi connectivity index (χ3n) is 1.69. The summed E-state index contributed by atoms with van der Waals surface area (Å²) in [5, 5.41) is 17.1. The molecule has 0 spiro atoms. The minimum Gasteiger partial charge on any atom is -0.293 e. The topological polar surface area (TPSA) is 81.7 Å². The summed E-state index contributed by atoms with van der Waals surface area (Å²) in [7, 11) is 0. The highest BCUT2D eigenvalue weighted by Crippen LogP contribution is 2.35. The summed E-state index contributed by atoms with van der Waals surface area (Å²) in [6, 6.07) is 2.95. The maximum Gasteiger partial charge on any atom is 0.211 e. The first-order valence-corrected chi connectivity index (χ1v) is 4.20. The number of alkyl halides is 2. The molecule has 0 bridgehead atoms. The first-order chi connectivity index (χ1) is 6.44. The Morgan fingerprint density at radius 3 is 2.07 bits per heavy atom. The van der Waals surface area contributed by atoms with Crippen molar-refractivity contribution < 1.29 is 9.59 Å². The van der Waals surface area contributed by atoms with Crippen LogP contribution in [0.2, 0.25) is 0 Å². The number of halogens is 2. The van der Waals surface area contributed by atoms with Gasteiger partial charge in [0.1, 0.15) is 23.3 Å². The lowest BCUT2D eigenvalue weighted by atomic mass is 9.90. The van der Waals surface area contributed by atoms with Crippen LogP contribution in [0.5, 0.6) is 0 Å². The second-order valence-electron chi connectivity index (χ2n) is 2.61. The molecule has 0 atom stereocenters. The molecule has 0 aromatic carbocycles. The van der Waals surface area contributed by atoms with E-state index in [-0.39, 0.29) is 0 Å². The molecule has 0 fully saturated rings. The molecule has 4 nitrogen and oxygen atoms in total. The highest BCUT2D eigenvalue weighted by Gasteiger charge is 2.45. The third kappa shape index (κ3) is 1.50. The average Bonchev–Trinajstić information content (AvgIpc) is 2.10. The van der Waals surface area contributed by atoms with Gasteiger partial charge >= 0.3 is 0 Å². The van der Waals surface area contributed by atoms with Gasteiger partial charge in [0.05, 0.1) is 6.42 Å². The fourth-order valence-electron chi connectivity index (χ4n) is 1.03. The van der Waals surface area contributed by atoms with Crippen molar-refractivity contribution in [2.45, 2.75) is 10.8 Å². The number of allylic oxidation sites excluding steroid dienone is 2. The van der Waals surface area contributed by atoms with E-state index >= 15 is 0 Å². The van der Waals surface area contributed by atoms with Gasteiger partial charge in [-0.1, -0.05) is 23.2 Å². The number of ketones is 2. The van der Waals surface area contributed by atoms with Gasteiger partial charge in [-0.05, 0) is 0 Å². The maximum absolute atomic E-state index is 11.3. The minimum atomic E-state index is -1.91. The molecule has 14 heavy (non-hydrogen) atoms. The molecule has 1 aliphatic carbocycles. The lowest BCUT2D eigenvalue weighted by Crippen LogP contribution is -2.36. The van der Waals surface area contributed by atoms with E-state index < -0.39 is 33.5 Å². The van der Waals surface area contributed by atoms with Crippen LogP contribution in [-0.2, 0) is 9.59 Å². The van der Waals surface area contributed by atoms with Crippen LogP contribution in [0.15, 0.2) is 11.1 Å². The molecular weight excluding hydrogens is 227 g/mol. The van der Waals surface area contributed by atoms with Gasteiger partial charge in [0.25, 0.3) is 0 Å². The quantitative estimate of drug-likeness (QED) is 0.581. The Morgan fingerprint density at radius 1 is 1.14 bits per heavy atom. The van der Waals surface area contributed by atoms with Crippen LogP contribution in [-0.4, -0.2) is 15.9 Å². The second-order valence-corrected chi connectivity index (χ2v) is 4.09. The highest BCUT2D eigenvalue weighted by atomic mass is 35.5. The summed E-state index contributed by atoms with van der Waals surface area (Å²) in [5.41, 5.74) is -1.02. The molecule has 0 saturated carbocycles. The van der Waals surface area contributed by atoms with E-state index in [4.69, 9.17) is 33.7 Å². The van der Waals surface area contributed by atoms with Gasteiger partial charge in [-0.2, -0.15) is 10.5 Å². The predicted octanol–water partition coefficient (Wildman–Crippen LogP) is 1.05. The van der Waals surface area contributed by atoms with E-state index in [1.54, 1.807) is 0 Å². The number of hydrogen-bond donors (Lipinski definition) is 0. The summed E-state index contributed by atoms with van der Waals surface area (Å²) in [6.07, 6.45) is -0.469. The first kappa shape index (κ1) is 10.7. The van der Waals surface area contributed by atoms with Crippen LogP contribution in [0.4, 0.5) is 0 Å². The van der Waals surface area contributed by atoms with Crippen molar-refractivity contribution >= 4 is 34.8 Å². The Morgan fingerprint density at radius 2 is 1.64 bits per heavy atom. The summed E-state index contributed by atoms with van der Waals surface area (Å²) < 4.78 is -1.91. The van der Waals surface area contributed by atoms with Crippen molar-refractivity contribution in [3.05, 3.63) is 11.1 Å². The monoisotopic (exact) mass is 228 g/mol. The number of hydrogen-bond acceptors (Lipinski definition) is 4. The summed E-state index contributed by atoms with van der Waals surface area (Å²) in [5.74, 6) is -1.58. The van der Waals surface area contributed by atoms with Crippen LogP contribution >= 0.6 is 23.2 Å². The Labute approximate surface area is 89.3 Å². The maximum atomic E-state index is 11.3. The second kappa shape index (κ2) is 3.42. The van der Waals surface area contributed by atoms with Gasteiger partial charge in [-0.15, -0.1) is 0 Å². The molecule has 0 unspecified atom stereocenters. The number of carbonyl (C=O) groups is 2. The van der Waals surface area contributed by atoms with Crippen molar-refractivity contribution in [2.75, 3.05) is 0 Å². The van der Waals surface area contributed by atoms with Gasteiger partial charge in [0.15, 0.2) is 10.1 Å². The van der Waals surface area contributed by atoms with E-state index in [9.17, 15) is 9.59 Å². The molecule has 0 aromatic rings. The van der Waals surface area contributed by atoms with Gasteiger partial charge in [0, 0.05) is 0 Å². The van der Waals surface area contributed by atoms with E-state index in [2.05, 4.69) is 0 Å². The number of nitriles is 2. The fraction of sp³-hybridized carbons (Fsp3) is 0.250. The van der Waals surface area contributed by atoms with Crippen LogP contribution in [0.25, 0.3) is 0 Å². The van der Waals surface area contributed by atoms with Crippen LogP contribution in [0.3, 0.4) is 0 Å². The number of nitrogens with zero attached hydrogens (tertiary/aromatic N) is 2. The zero-order chi connectivity index (χ0) is 10.9. The molecule has 0 saturated heterocycles. The van der Waals surface area contributed by atoms with E-state index in [0.29, 0.717) is 0 Å². The molecule has 0 N–H and O–H groups in total. The molecule has 0 amide bonds. The van der Waals surface area contributed by atoms with Crippen LogP contribution in [0, 0.1) is 22.7 Å². The van der Waals surface area contributed by atoms with Crippen molar-refractivity contribution in [2.24, 2.45) is 0 Å². The largest absolute Gasteiger partial charge is 0.293 e. The highest BCUT2D eigenvalue weighted by molar-refractivity contribution is 6.62. The molecule has 6 heteroatoms. The van der Waals surface area contributed by atoms with E-state index in [0.717, 1.165) is 0 Å². The number of rotatable bonds is 0. The van der Waals surface area contributed by atoms with Crippen LogP contribution < -0.4 is 0 Å². The SMILES string of the molecule is N#CC1=C(C#N)C(=O)C(Cl)(Cl)CC1=O. The minimum absolute atomic E-state index is 0.463. The van der Waals surface area contributed by atoms with Gasteiger partial charge in [0.2, 0.25) is 5.78 Å². The van der Waals surface area contributed by atoms with E-state index in [1.807, 2.05) is 0 Å². The van der Waals surface area contributed by atoms with Crippen molar-refractivity contribution in [1.29, 1.82) is 10.5 Å². The molecule has 0 radical (unpaired) electrons. The Balaban J connectivity index is 3.42. The van der Waals surface area contributed by atoms with Crippen molar-refractivity contribution in [3.8, 4) is 12.1 Å². The Bertz CT molecular complexity index is 437. The standard InChI is InChI=1S/C8H2Cl2N2O2/c9-8(10)1-6(13)4(2-11)5(3-12)7(8)14/h1H2. The summed E-state index contributed by atoms with van der Waals surface area (Å²) in [6.45, 7) is 0. The number of carbonyl (C=O) groups excluding carboxylic acids is 2. The molecule has 70 valence electrons. The molecular formula is C8H2Cl2N2O2. The zero-order valence-corrected chi connectivity index (χ0v) is 8.19. The van der Waals surface area contributed by atoms with Crippen LogP contribution in [0.1, 0.15) is 6.42 Å². The van der Waals surface area contributed by atoms with Crippen molar-refractivity contribution in [3.63, 3.8) is 0 Å². The fourth-order valence-corrected chi connectivity index (χ4v) is 1.46. The van der Waals surface area contributed by atoms with Gasteiger partial charge in [-0.25, -0.2) is 0 Å². The predicted molar refractivity (Wildman–Crippen MR) is 47.3 cm³/mol. The summed E-state index contributed by atoms with van der Waals surface area (Å²) in [4.78, 5) is 22.5. The van der Waals surface area contributed by atoms with E-state index in [1.165, 1.54) is 12.1 Å². The molecule has 0 aliphatic heterocycles. The lowest BCUT2D eigenvalue weighted by Gasteiger charge is -2.21. The molecule has 0 aromatic heterocycles. The normalized spacial score (nSPS) is 20.3. The number of Topliss-reactive ketones (excluding diaryl/α,β-unsaturated/α-hetero) is 2. The van der Waals surface area contributed by atoms with Crippen molar-refractivity contribution in [1.82, 2.24) is 0 Å². The Kier molecular flexibility index (Phi) is 2.62. The molecule has 1 rings (SSSR count). The Hall–Kier alpha value is -1.36. The van der Waals surface area contributed by atoms with Gasteiger partial charge in [-0.3, -0.25) is 9.59 Å². The van der Waals surface area contributed by atoms with Gasteiger partial charge < -0.3 is 0 Å². The lowest BCUT2D eigenvalue weighted by molar-refractivity contribution is -0.122. The smallest absolute Gasteiger partial charge is 0.211 e. The average molecular weight is 229 g/mol. The molecule has 0 heterocycles. The molecule has 1 aliphatic rings. The summed E-state index contributed by atoms with van der Waals surface area (Å²) >= 11 is 11.0. The third-order valence-corrected chi connectivity index (χ3v) is 2.30.